The van der Waals surface area contributed by atoms with E-state index < -0.39 is 0 Å². The van der Waals surface area contributed by atoms with Crippen molar-refractivity contribution in [1.82, 2.24) is 5.32 Å². The number of para-hydroxylation sites is 1. The molecule has 0 radical (unpaired) electrons. The summed E-state index contributed by atoms with van der Waals surface area (Å²) >= 11 is 3.71. The van der Waals surface area contributed by atoms with Crippen molar-refractivity contribution in [3.63, 3.8) is 0 Å². The van der Waals surface area contributed by atoms with E-state index in [4.69, 9.17) is 0 Å². The third kappa shape index (κ3) is 1.55. The molecule has 2 nitrogen and oxygen atoms in total. The molecule has 4 aliphatic rings. The largest absolute Gasteiger partial charge is 0.364 e. The number of nitrogens with zero attached hydrogens (tertiary/aromatic N) is 1. The van der Waals surface area contributed by atoms with Crippen LogP contribution in [0.4, 0.5) is 5.69 Å². The molecule has 5 rings (SSSR count). The average molecular weight is 293 g/mol. The normalized spacial score (nSPS) is 38.8. The lowest BCUT2D eigenvalue weighted by Crippen LogP contribution is -2.67. The van der Waals surface area contributed by atoms with Gasteiger partial charge in [0.25, 0.3) is 0 Å². The highest BCUT2D eigenvalue weighted by atomic mass is 79.9. The van der Waals surface area contributed by atoms with E-state index in [1.165, 1.54) is 35.8 Å². The molecule has 1 N–H and O–H groups in total. The summed E-state index contributed by atoms with van der Waals surface area (Å²) in [6.07, 6.45) is 5.31. The van der Waals surface area contributed by atoms with Crippen LogP contribution in [0.3, 0.4) is 0 Å². The molecule has 17 heavy (non-hydrogen) atoms. The maximum Gasteiger partial charge on any atom is 0.0515 e. The zero-order valence-corrected chi connectivity index (χ0v) is 11.4. The van der Waals surface area contributed by atoms with Crippen molar-refractivity contribution in [2.75, 3.05) is 4.90 Å². The van der Waals surface area contributed by atoms with Crippen molar-refractivity contribution in [3.05, 3.63) is 28.7 Å². The predicted molar refractivity (Wildman–Crippen MR) is 73.4 cm³/mol. The van der Waals surface area contributed by atoms with E-state index in [0.29, 0.717) is 0 Å². The van der Waals surface area contributed by atoms with Crippen LogP contribution in [-0.4, -0.2) is 24.2 Å². The number of nitrogens with one attached hydrogen (secondary N) is 1. The highest BCUT2D eigenvalue weighted by molar-refractivity contribution is 9.10. The van der Waals surface area contributed by atoms with E-state index in [2.05, 4.69) is 50.4 Å². The van der Waals surface area contributed by atoms with Crippen molar-refractivity contribution in [2.45, 2.75) is 49.9 Å². The summed E-state index contributed by atoms with van der Waals surface area (Å²) in [5, 5.41) is 3.76. The topological polar surface area (TPSA) is 15.3 Å². The Morgan fingerprint density at radius 1 is 1.00 bits per heavy atom. The minimum absolute atomic E-state index is 0.762. The standard InChI is InChI=1S/C14H17BrN2/c15-13-3-1-2-4-14(13)17-11-5-9-6-12(17)8-10(7-11)16-9/h1-4,9-12,16H,5-8H2. The number of piperidine rings is 4. The van der Waals surface area contributed by atoms with Crippen LogP contribution in [0.2, 0.25) is 0 Å². The van der Waals surface area contributed by atoms with Crippen LogP contribution in [0.25, 0.3) is 0 Å². The van der Waals surface area contributed by atoms with Gasteiger partial charge in [0.05, 0.1) is 5.69 Å². The third-order valence-electron chi connectivity index (χ3n) is 4.62. The van der Waals surface area contributed by atoms with Gasteiger partial charge in [0.1, 0.15) is 0 Å². The molecule has 0 saturated carbocycles. The molecule has 3 heteroatoms. The molecule has 0 aromatic heterocycles. The summed E-state index contributed by atoms with van der Waals surface area (Å²) in [5.41, 5.74) is 1.40. The summed E-state index contributed by atoms with van der Waals surface area (Å²) in [6.45, 7) is 0. The van der Waals surface area contributed by atoms with E-state index in [1.807, 2.05) is 0 Å². The van der Waals surface area contributed by atoms with Crippen LogP contribution >= 0.6 is 15.9 Å². The zero-order chi connectivity index (χ0) is 11.4. The SMILES string of the molecule is Brc1ccccc1N1C2CC3CC1CC(C2)N3. The van der Waals surface area contributed by atoms with Crippen molar-refractivity contribution in [3.8, 4) is 0 Å². The van der Waals surface area contributed by atoms with Gasteiger partial charge in [-0.1, -0.05) is 12.1 Å². The number of rotatable bonds is 1. The molecule has 0 amide bonds. The molecule has 0 atom stereocenters. The first kappa shape index (κ1) is 10.4. The van der Waals surface area contributed by atoms with E-state index in [-0.39, 0.29) is 0 Å². The van der Waals surface area contributed by atoms with Gasteiger partial charge in [-0.15, -0.1) is 0 Å². The zero-order valence-electron chi connectivity index (χ0n) is 9.77. The Morgan fingerprint density at radius 2 is 1.59 bits per heavy atom. The highest BCUT2D eigenvalue weighted by Gasteiger charge is 2.46. The number of anilines is 1. The summed E-state index contributed by atoms with van der Waals surface area (Å²) in [7, 11) is 0. The number of benzene rings is 1. The van der Waals surface area contributed by atoms with Crippen molar-refractivity contribution < 1.29 is 0 Å². The Morgan fingerprint density at radius 3 is 2.18 bits per heavy atom. The molecule has 0 aliphatic carbocycles. The first-order chi connectivity index (χ1) is 8.31. The molecule has 4 bridgehead atoms. The number of hydrogen-bond donors (Lipinski definition) is 1. The Hall–Kier alpha value is -0.540. The van der Waals surface area contributed by atoms with Crippen molar-refractivity contribution in [2.24, 2.45) is 0 Å². The Labute approximate surface area is 111 Å². The van der Waals surface area contributed by atoms with Gasteiger partial charge >= 0.3 is 0 Å². The summed E-state index contributed by atoms with van der Waals surface area (Å²) in [6, 6.07) is 11.8. The second-order valence-electron chi connectivity index (χ2n) is 5.67. The second-order valence-corrected chi connectivity index (χ2v) is 6.52. The highest BCUT2D eigenvalue weighted by Crippen LogP contribution is 2.43. The predicted octanol–water partition coefficient (Wildman–Crippen LogP) is 2.92. The molecule has 90 valence electrons. The third-order valence-corrected chi connectivity index (χ3v) is 5.29. The molecule has 0 unspecified atom stereocenters. The molecule has 4 fully saturated rings. The molecule has 1 aromatic carbocycles. The molecule has 1 aromatic rings. The second kappa shape index (κ2) is 3.72. The molecule has 4 heterocycles. The van der Waals surface area contributed by atoms with Gasteiger partial charge in [0.15, 0.2) is 0 Å². The maximum absolute atomic E-state index is 3.76. The fourth-order valence-corrected chi connectivity index (χ4v) is 4.60. The van der Waals surface area contributed by atoms with Gasteiger partial charge < -0.3 is 10.2 Å². The average Bonchev–Trinajstić information content (AvgIpc) is 2.30. The Balaban J connectivity index is 1.73. The monoisotopic (exact) mass is 292 g/mol. The van der Waals surface area contributed by atoms with Crippen molar-refractivity contribution >= 4 is 21.6 Å². The molecule has 4 saturated heterocycles. The van der Waals surface area contributed by atoms with E-state index in [1.54, 1.807) is 0 Å². The fourth-order valence-electron chi connectivity index (χ4n) is 4.11. The Bertz CT molecular complexity index is 418. The quantitative estimate of drug-likeness (QED) is 0.856. The van der Waals surface area contributed by atoms with Gasteiger partial charge in [-0.3, -0.25) is 0 Å². The van der Waals surface area contributed by atoms with Crippen LogP contribution in [0, 0.1) is 0 Å². The number of halogens is 1. The van der Waals surface area contributed by atoms with Gasteiger partial charge in [-0.2, -0.15) is 0 Å². The molecular formula is C14H17BrN2. The first-order valence-electron chi connectivity index (χ1n) is 6.60. The fraction of sp³-hybridized carbons (Fsp3) is 0.571. The smallest absolute Gasteiger partial charge is 0.0515 e. The van der Waals surface area contributed by atoms with Crippen molar-refractivity contribution in [1.29, 1.82) is 0 Å². The van der Waals surface area contributed by atoms with Gasteiger partial charge in [0.2, 0.25) is 0 Å². The number of hydrogen-bond acceptors (Lipinski definition) is 2. The summed E-state index contributed by atoms with van der Waals surface area (Å²) in [5.74, 6) is 0. The first-order valence-corrected chi connectivity index (χ1v) is 7.39. The van der Waals surface area contributed by atoms with E-state index in [0.717, 1.165) is 24.2 Å². The lowest BCUT2D eigenvalue weighted by Gasteiger charge is -2.58. The van der Waals surface area contributed by atoms with Gasteiger partial charge in [0, 0.05) is 28.6 Å². The summed E-state index contributed by atoms with van der Waals surface area (Å²) in [4.78, 5) is 2.69. The summed E-state index contributed by atoms with van der Waals surface area (Å²) < 4.78 is 1.25. The molecule has 0 spiro atoms. The van der Waals surface area contributed by atoms with Crippen LogP contribution in [0.15, 0.2) is 28.7 Å². The van der Waals surface area contributed by atoms with Crippen LogP contribution in [0.1, 0.15) is 25.7 Å². The van der Waals surface area contributed by atoms with Crippen LogP contribution in [-0.2, 0) is 0 Å². The van der Waals surface area contributed by atoms with Crippen LogP contribution < -0.4 is 10.2 Å². The van der Waals surface area contributed by atoms with E-state index >= 15 is 0 Å². The lowest BCUT2D eigenvalue weighted by molar-refractivity contribution is 0.134. The molecular weight excluding hydrogens is 276 g/mol. The van der Waals surface area contributed by atoms with E-state index in [9.17, 15) is 0 Å². The maximum atomic E-state index is 3.76. The van der Waals surface area contributed by atoms with Gasteiger partial charge in [-0.05, 0) is 53.7 Å². The van der Waals surface area contributed by atoms with Crippen LogP contribution in [0.5, 0.6) is 0 Å². The molecule has 4 aliphatic heterocycles. The minimum Gasteiger partial charge on any atom is -0.364 e. The minimum atomic E-state index is 0.762. The lowest BCUT2D eigenvalue weighted by atomic mass is 9.74. The Kier molecular flexibility index (Phi) is 2.28. The van der Waals surface area contributed by atoms with Gasteiger partial charge in [-0.25, -0.2) is 0 Å².